The van der Waals surface area contributed by atoms with Gasteiger partial charge in [0.1, 0.15) is 28.1 Å². The second-order valence-electron chi connectivity index (χ2n) is 5.20. The minimum atomic E-state index is -0.482. The third-order valence-electron chi connectivity index (χ3n) is 3.35. The number of aryl methyl sites for hydroxylation is 1. The molecule has 0 aliphatic carbocycles. The van der Waals surface area contributed by atoms with E-state index in [1.54, 1.807) is 43.3 Å². The molecule has 0 spiro atoms. The van der Waals surface area contributed by atoms with E-state index in [1.807, 2.05) is 0 Å². The molecule has 1 amide bonds. The van der Waals surface area contributed by atoms with Crippen molar-refractivity contribution >= 4 is 34.5 Å². The third kappa shape index (κ3) is 4.35. The van der Waals surface area contributed by atoms with Crippen LogP contribution in [0.4, 0.5) is 10.1 Å². The number of aromatic nitrogens is 1. The fraction of sp³-hybridized carbons (Fsp3) is 0.111. The molecule has 2 aromatic carbocycles. The zero-order chi connectivity index (χ0) is 17.8. The standard InChI is InChI=1S/C18H14ClFN2O2S/c1-11-17(18(23)22-15-5-3-2-4-14(15)20)25-16(21-11)10-24-13-8-6-12(19)7-9-13/h2-9H,10H2,1H3,(H,22,23). The summed E-state index contributed by atoms with van der Waals surface area (Å²) in [7, 11) is 0. The number of para-hydroxylation sites is 1. The fourth-order valence-electron chi connectivity index (χ4n) is 2.14. The van der Waals surface area contributed by atoms with Crippen molar-refractivity contribution in [1.29, 1.82) is 0 Å². The van der Waals surface area contributed by atoms with Gasteiger partial charge in [0, 0.05) is 5.02 Å². The van der Waals surface area contributed by atoms with E-state index in [2.05, 4.69) is 10.3 Å². The summed E-state index contributed by atoms with van der Waals surface area (Å²) in [6.07, 6.45) is 0. The molecule has 0 fully saturated rings. The van der Waals surface area contributed by atoms with Gasteiger partial charge in [-0.2, -0.15) is 0 Å². The van der Waals surface area contributed by atoms with Gasteiger partial charge in [0.05, 0.1) is 11.4 Å². The highest BCUT2D eigenvalue weighted by molar-refractivity contribution is 7.13. The number of nitrogens with zero attached hydrogens (tertiary/aromatic N) is 1. The summed E-state index contributed by atoms with van der Waals surface area (Å²) in [5, 5.41) is 3.85. The third-order valence-corrected chi connectivity index (χ3v) is 4.73. The minimum Gasteiger partial charge on any atom is -0.486 e. The molecule has 0 radical (unpaired) electrons. The number of hydrogen-bond acceptors (Lipinski definition) is 4. The Bertz CT molecular complexity index is 896. The number of rotatable bonds is 5. The molecule has 3 rings (SSSR count). The van der Waals surface area contributed by atoms with E-state index < -0.39 is 11.7 Å². The average Bonchev–Trinajstić information content (AvgIpc) is 2.97. The zero-order valence-electron chi connectivity index (χ0n) is 13.3. The van der Waals surface area contributed by atoms with Crippen molar-refractivity contribution in [3.05, 3.63) is 74.9 Å². The molecule has 1 heterocycles. The van der Waals surface area contributed by atoms with Gasteiger partial charge < -0.3 is 10.1 Å². The van der Waals surface area contributed by atoms with Gasteiger partial charge in [0.15, 0.2) is 0 Å². The fourth-order valence-corrected chi connectivity index (χ4v) is 3.14. The number of carbonyl (C=O) groups is 1. The van der Waals surface area contributed by atoms with E-state index in [4.69, 9.17) is 16.3 Å². The number of thiazole rings is 1. The smallest absolute Gasteiger partial charge is 0.267 e. The molecule has 128 valence electrons. The lowest BCUT2D eigenvalue weighted by Crippen LogP contribution is -2.12. The normalized spacial score (nSPS) is 10.5. The van der Waals surface area contributed by atoms with E-state index >= 15 is 0 Å². The highest BCUT2D eigenvalue weighted by Gasteiger charge is 2.17. The van der Waals surface area contributed by atoms with Crippen LogP contribution in [0.3, 0.4) is 0 Å². The predicted octanol–water partition coefficient (Wildman–Crippen LogP) is 5.08. The first-order chi connectivity index (χ1) is 12.0. The van der Waals surface area contributed by atoms with Crippen LogP contribution in [0.5, 0.6) is 5.75 Å². The van der Waals surface area contributed by atoms with Gasteiger partial charge in [-0.05, 0) is 43.3 Å². The van der Waals surface area contributed by atoms with E-state index in [9.17, 15) is 9.18 Å². The molecule has 0 unspecified atom stereocenters. The maximum Gasteiger partial charge on any atom is 0.267 e. The van der Waals surface area contributed by atoms with Gasteiger partial charge in [-0.3, -0.25) is 4.79 Å². The summed E-state index contributed by atoms with van der Waals surface area (Å²) < 4.78 is 19.3. The van der Waals surface area contributed by atoms with Crippen LogP contribution in [0.15, 0.2) is 48.5 Å². The van der Waals surface area contributed by atoms with Crippen LogP contribution < -0.4 is 10.1 Å². The highest BCUT2D eigenvalue weighted by atomic mass is 35.5. The quantitative estimate of drug-likeness (QED) is 0.675. The van der Waals surface area contributed by atoms with E-state index in [1.165, 1.54) is 23.5 Å². The highest BCUT2D eigenvalue weighted by Crippen LogP contribution is 2.23. The Labute approximate surface area is 153 Å². The van der Waals surface area contributed by atoms with Crippen LogP contribution >= 0.6 is 22.9 Å². The number of halogens is 2. The second-order valence-corrected chi connectivity index (χ2v) is 6.72. The van der Waals surface area contributed by atoms with Gasteiger partial charge in [0.25, 0.3) is 5.91 Å². The summed E-state index contributed by atoms with van der Waals surface area (Å²) in [6, 6.07) is 13.0. The maximum atomic E-state index is 13.7. The number of benzene rings is 2. The van der Waals surface area contributed by atoms with Crippen molar-refractivity contribution in [3.63, 3.8) is 0 Å². The Morgan fingerprint density at radius 2 is 1.96 bits per heavy atom. The number of carbonyl (C=O) groups excluding carboxylic acids is 1. The number of amides is 1. The van der Waals surface area contributed by atoms with Crippen LogP contribution in [-0.2, 0) is 6.61 Å². The Morgan fingerprint density at radius 3 is 2.68 bits per heavy atom. The van der Waals surface area contributed by atoms with Gasteiger partial charge in [-0.25, -0.2) is 9.37 Å². The monoisotopic (exact) mass is 376 g/mol. The molecule has 0 bridgehead atoms. The van der Waals surface area contributed by atoms with Crippen LogP contribution in [0.25, 0.3) is 0 Å². The first kappa shape index (κ1) is 17.4. The van der Waals surface area contributed by atoms with Crippen molar-refractivity contribution < 1.29 is 13.9 Å². The molecule has 4 nitrogen and oxygen atoms in total. The first-order valence-electron chi connectivity index (χ1n) is 7.43. The second kappa shape index (κ2) is 7.63. The Morgan fingerprint density at radius 1 is 1.24 bits per heavy atom. The summed E-state index contributed by atoms with van der Waals surface area (Å²) in [5.41, 5.74) is 0.716. The SMILES string of the molecule is Cc1nc(COc2ccc(Cl)cc2)sc1C(=O)Nc1ccccc1F. The topological polar surface area (TPSA) is 51.2 Å². The molecule has 7 heteroatoms. The summed E-state index contributed by atoms with van der Waals surface area (Å²) >= 11 is 7.05. The lowest BCUT2D eigenvalue weighted by Gasteiger charge is -2.04. The number of anilines is 1. The molecule has 25 heavy (non-hydrogen) atoms. The lowest BCUT2D eigenvalue weighted by atomic mass is 10.3. The Kier molecular flexibility index (Phi) is 5.31. The molecular weight excluding hydrogens is 363 g/mol. The molecule has 0 aliphatic heterocycles. The number of hydrogen-bond donors (Lipinski definition) is 1. The molecule has 0 aliphatic rings. The van der Waals surface area contributed by atoms with E-state index in [-0.39, 0.29) is 12.3 Å². The first-order valence-corrected chi connectivity index (χ1v) is 8.63. The molecule has 3 aromatic rings. The summed E-state index contributed by atoms with van der Waals surface area (Å²) in [4.78, 5) is 17.1. The Hall–Kier alpha value is -2.44. The van der Waals surface area contributed by atoms with Crippen LogP contribution in [0.1, 0.15) is 20.4 Å². The molecule has 0 atom stereocenters. The zero-order valence-corrected chi connectivity index (χ0v) is 14.8. The van der Waals surface area contributed by atoms with E-state index in [0.717, 1.165) is 0 Å². The molecule has 1 aromatic heterocycles. The number of nitrogens with one attached hydrogen (secondary N) is 1. The van der Waals surface area contributed by atoms with Crippen molar-refractivity contribution in [2.24, 2.45) is 0 Å². The van der Waals surface area contributed by atoms with Gasteiger partial charge in [-0.15, -0.1) is 11.3 Å². The van der Waals surface area contributed by atoms with Crippen molar-refractivity contribution in [3.8, 4) is 5.75 Å². The van der Waals surface area contributed by atoms with Crippen LogP contribution in [0.2, 0.25) is 5.02 Å². The minimum absolute atomic E-state index is 0.138. The number of ether oxygens (including phenoxy) is 1. The Balaban J connectivity index is 1.68. The molecular formula is C18H14ClFN2O2S. The van der Waals surface area contributed by atoms with Crippen LogP contribution in [0, 0.1) is 12.7 Å². The van der Waals surface area contributed by atoms with E-state index in [0.29, 0.717) is 26.4 Å². The maximum absolute atomic E-state index is 13.7. The van der Waals surface area contributed by atoms with Crippen molar-refractivity contribution in [2.45, 2.75) is 13.5 Å². The molecule has 0 saturated carbocycles. The lowest BCUT2D eigenvalue weighted by molar-refractivity contribution is 0.102. The average molecular weight is 377 g/mol. The largest absolute Gasteiger partial charge is 0.486 e. The van der Waals surface area contributed by atoms with Gasteiger partial charge in [-0.1, -0.05) is 23.7 Å². The summed E-state index contributed by atoms with van der Waals surface area (Å²) in [5.74, 6) is -0.211. The van der Waals surface area contributed by atoms with Crippen molar-refractivity contribution in [1.82, 2.24) is 4.98 Å². The predicted molar refractivity (Wildman–Crippen MR) is 97.0 cm³/mol. The van der Waals surface area contributed by atoms with Crippen LogP contribution in [-0.4, -0.2) is 10.9 Å². The summed E-state index contributed by atoms with van der Waals surface area (Å²) in [6.45, 7) is 1.97. The molecule has 1 N–H and O–H groups in total. The molecule has 0 saturated heterocycles. The van der Waals surface area contributed by atoms with Gasteiger partial charge >= 0.3 is 0 Å². The van der Waals surface area contributed by atoms with Gasteiger partial charge in [0.2, 0.25) is 0 Å². The van der Waals surface area contributed by atoms with Crippen molar-refractivity contribution in [2.75, 3.05) is 5.32 Å².